The molecule has 24 heavy (non-hydrogen) atoms. The first kappa shape index (κ1) is 17.0. The van der Waals surface area contributed by atoms with Gasteiger partial charge in [-0.15, -0.1) is 0 Å². The zero-order chi connectivity index (χ0) is 16.8. The Bertz CT molecular complexity index is 661. The van der Waals surface area contributed by atoms with Gasteiger partial charge in [0, 0.05) is 23.7 Å². The Labute approximate surface area is 148 Å². The van der Waals surface area contributed by atoms with E-state index in [1.165, 1.54) is 37.9 Å². The summed E-state index contributed by atoms with van der Waals surface area (Å²) in [5.74, 6) is -0.0468. The molecule has 0 saturated carbocycles. The number of hydrogen-bond donors (Lipinski definition) is 1. The van der Waals surface area contributed by atoms with Gasteiger partial charge >= 0.3 is 0 Å². The van der Waals surface area contributed by atoms with E-state index in [4.69, 9.17) is 11.6 Å². The van der Waals surface area contributed by atoms with E-state index in [1.807, 2.05) is 36.4 Å². The number of halogens is 1. The minimum atomic E-state index is -0.0468. The van der Waals surface area contributed by atoms with Gasteiger partial charge in [-0.3, -0.25) is 9.69 Å². The number of carbonyl (C=O) groups excluding carboxylic acids is 1. The maximum absolute atomic E-state index is 12.2. The van der Waals surface area contributed by atoms with Crippen LogP contribution < -0.4 is 5.32 Å². The van der Waals surface area contributed by atoms with E-state index in [0.29, 0.717) is 17.1 Å². The van der Waals surface area contributed by atoms with Gasteiger partial charge in [-0.1, -0.05) is 42.3 Å². The first-order valence-electron chi connectivity index (χ1n) is 8.55. The van der Waals surface area contributed by atoms with Gasteiger partial charge in [0.2, 0.25) is 0 Å². The third kappa shape index (κ3) is 4.83. The predicted molar refractivity (Wildman–Crippen MR) is 98.2 cm³/mol. The normalized spacial score (nSPS) is 15.2. The number of amides is 1. The molecule has 2 aromatic rings. The molecule has 2 aromatic carbocycles. The van der Waals surface area contributed by atoms with Gasteiger partial charge in [0.15, 0.2) is 0 Å². The quantitative estimate of drug-likeness (QED) is 0.880. The standard InChI is InChI=1S/C20H23ClN2O/c21-19-10-6-16(7-11-19)14-22-20(24)18-8-4-17(5-9-18)15-23-12-2-1-3-13-23/h4-11H,1-3,12-15H2,(H,22,24). The van der Waals surface area contributed by atoms with Crippen molar-refractivity contribution >= 4 is 17.5 Å². The Hall–Kier alpha value is -1.84. The lowest BCUT2D eigenvalue weighted by Crippen LogP contribution is -2.29. The van der Waals surface area contributed by atoms with E-state index in [1.54, 1.807) is 0 Å². The van der Waals surface area contributed by atoms with E-state index < -0.39 is 0 Å². The molecule has 1 aliphatic heterocycles. The Morgan fingerprint density at radius 2 is 1.54 bits per heavy atom. The fourth-order valence-electron chi connectivity index (χ4n) is 3.02. The van der Waals surface area contributed by atoms with Crippen molar-refractivity contribution < 1.29 is 4.79 Å². The molecule has 0 aliphatic carbocycles. The first-order chi connectivity index (χ1) is 11.7. The van der Waals surface area contributed by atoms with Crippen molar-refractivity contribution in [3.8, 4) is 0 Å². The van der Waals surface area contributed by atoms with Crippen molar-refractivity contribution in [2.75, 3.05) is 13.1 Å². The van der Waals surface area contributed by atoms with Crippen molar-refractivity contribution in [1.82, 2.24) is 10.2 Å². The van der Waals surface area contributed by atoms with Crippen molar-refractivity contribution in [2.24, 2.45) is 0 Å². The predicted octanol–water partition coefficient (Wildman–Crippen LogP) is 4.26. The highest BCUT2D eigenvalue weighted by atomic mass is 35.5. The van der Waals surface area contributed by atoms with Gasteiger partial charge in [0.05, 0.1) is 0 Å². The molecular formula is C20H23ClN2O. The summed E-state index contributed by atoms with van der Waals surface area (Å²) < 4.78 is 0. The van der Waals surface area contributed by atoms with Crippen LogP contribution in [0, 0.1) is 0 Å². The second-order valence-electron chi connectivity index (χ2n) is 6.34. The number of rotatable bonds is 5. The molecule has 1 saturated heterocycles. The highest BCUT2D eigenvalue weighted by Crippen LogP contribution is 2.14. The molecule has 1 N–H and O–H groups in total. The van der Waals surface area contributed by atoms with Crippen molar-refractivity contribution in [3.05, 3.63) is 70.2 Å². The average Bonchev–Trinajstić information content (AvgIpc) is 2.62. The lowest BCUT2D eigenvalue weighted by molar-refractivity contribution is 0.0951. The Morgan fingerprint density at radius 3 is 2.21 bits per heavy atom. The van der Waals surface area contributed by atoms with Crippen LogP contribution in [-0.4, -0.2) is 23.9 Å². The van der Waals surface area contributed by atoms with Gasteiger partial charge in [-0.25, -0.2) is 0 Å². The Kier molecular flexibility index (Phi) is 5.89. The molecule has 1 amide bonds. The van der Waals surface area contributed by atoms with Crippen LogP contribution in [0.2, 0.25) is 5.02 Å². The molecule has 3 rings (SSSR count). The van der Waals surface area contributed by atoms with Gasteiger partial charge < -0.3 is 5.32 Å². The lowest BCUT2D eigenvalue weighted by Gasteiger charge is -2.26. The second-order valence-corrected chi connectivity index (χ2v) is 6.78. The lowest BCUT2D eigenvalue weighted by atomic mass is 10.1. The van der Waals surface area contributed by atoms with Crippen LogP contribution in [0.15, 0.2) is 48.5 Å². The van der Waals surface area contributed by atoms with Crippen LogP contribution in [0.25, 0.3) is 0 Å². The highest BCUT2D eigenvalue weighted by molar-refractivity contribution is 6.30. The SMILES string of the molecule is O=C(NCc1ccc(Cl)cc1)c1ccc(CN2CCCCC2)cc1. The molecule has 1 aliphatic rings. The second kappa shape index (κ2) is 8.32. The van der Waals surface area contributed by atoms with E-state index in [9.17, 15) is 4.79 Å². The molecule has 1 fully saturated rings. The largest absolute Gasteiger partial charge is 0.348 e. The summed E-state index contributed by atoms with van der Waals surface area (Å²) in [5.41, 5.74) is 3.01. The van der Waals surface area contributed by atoms with Crippen LogP contribution in [-0.2, 0) is 13.1 Å². The molecule has 126 valence electrons. The number of likely N-dealkylation sites (tertiary alicyclic amines) is 1. The van der Waals surface area contributed by atoms with Gasteiger partial charge in [-0.05, 0) is 61.3 Å². The molecule has 3 nitrogen and oxygen atoms in total. The Balaban J connectivity index is 1.52. The maximum Gasteiger partial charge on any atom is 0.251 e. The van der Waals surface area contributed by atoms with Gasteiger partial charge in [0.25, 0.3) is 5.91 Å². The summed E-state index contributed by atoms with van der Waals surface area (Å²) in [7, 11) is 0. The first-order valence-corrected chi connectivity index (χ1v) is 8.92. The van der Waals surface area contributed by atoms with Crippen LogP contribution >= 0.6 is 11.6 Å². The number of benzene rings is 2. The molecular weight excluding hydrogens is 320 g/mol. The number of nitrogens with zero attached hydrogens (tertiary/aromatic N) is 1. The third-order valence-corrected chi connectivity index (χ3v) is 4.69. The van der Waals surface area contributed by atoms with Gasteiger partial charge in [-0.2, -0.15) is 0 Å². The zero-order valence-corrected chi connectivity index (χ0v) is 14.6. The summed E-state index contributed by atoms with van der Waals surface area (Å²) in [6, 6.07) is 15.5. The molecule has 4 heteroatoms. The van der Waals surface area contributed by atoms with Crippen LogP contribution in [0.3, 0.4) is 0 Å². The van der Waals surface area contributed by atoms with Crippen LogP contribution in [0.5, 0.6) is 0 Å². The molecule has 0 aromatic heterocycles. The summed E-state index contributed by atoms with van der Waals surface area (Å²) >= 11 is 5.86. The van der Waals surface area contributed by atoms with Crippen LogP contribution in [0.4, 0.5) is 0 Å². The number of piperidine rings is 1. The van der Waals surface area contributed by atoms with E-state index in [0.717, 1.165) is 12.1 Å². The van der Waals surface area contributed by atoms with Crippen molar-refractivity contribution in [3.63, 3.8) is 0 Å². The van der Waals surface area contributed by atoms with E-state index in [-0.39, 0.29) is 5.91 Å². The van der Waals surface area contributed by atoms with Crippen molar-refractivity contribution in [2.45, 2.75) is 32.4 Å². The number of nitrogens with one attached hydrogen (secondary N) is 1. The van der Waals surface area contributed by atoms with Gasteiger partial charge in [0.1, 0.15) is 0 Å². The summed E-state index contributed by atoms with van der Waals surface area (Å²) in [5, 5.41) is 3.65. The third-order valence-electron chi connectivity index (χ3n) is 4.44. The van der Waals surface area contributed by atoms with Crippen LogP contribution in [0.1, 0.15) is 40.7 Å². The summed E-state index contributed by atoms with van der Waals surface area (Å²) in [6.45, 7) is 3.85. The highest BCUT2D eigenvalue weighted by Gasteiger charge is 2.11. The minimum Gasteiger partial charge on any atom is -0.348 e. The topological polar surface area (TPSA) is 32.3 Å². The molecule has 0 atom stereocenters. The molecule has 0 bridgehead atoms. The number of carbonyl (C=O) groups is 1. The monoisotopic (exact) mass is 342 g/mol. The van der Waals surface area contributed by atoms with E-state index >= 15 is 0 Å². The molecule has 0 unspecified atom stereocenters. The maximum atomic E-state index is 12.2. The molecule has 0 radical (unpaired) electrons. The smallest absolute Gasteiger partial charge is 0.251 e. The number of hydrogen-bond acceptors (Lipinski definition) is 2. The summed E-state index contributed by atoms with van der Waals surface area (Å²) in [4.78, 5) is 14.7. The van der Waals surface area contributed by atoms with Crippen molar-refractivity contribution in [1.29, 1.82) is 0 Å². The molecule has 0 spiro atoms. The minimum absolute atomic E-state index is 0.0468. The summed E-state index contributed by atoms with van der Waals surface area (Å²) in [6.07, 6.45) is 3.94. The fourth-order valence-corrected chi connectivity index (χ4v) is 3.15. The average molecular weight is 343 g/mol. The van der Waals surface area contributed by atoms with E-state index in [2.05, 4.69) is 22.3 Å². The molecule has 1 heterocycles. The Morgan fingerprint density at radius 1 is 0.917 bits per heavy atom. The zero-order valence-electron chi connectivity index (χ0n) is 13.8. The fraction of sp³-hybridized carbons (Fsp3) is 0.350.